The molecule has 1 aromatic heterocycles. The maximum absolute atomic E-state index is 12.3. The molecule has 0 aliphatic carbocycles. The van der Waals surface area contributed by atoms with Gasteiger partial charge in [-0.05, 0) is 31.3 Å². The number of nitrogens with zero attached hydrogens (tertiary/aromatic N) is 2. The lowest BCUT2D eigenvalue weighted by atomic mass is 10.1. The zero-order chi connectivity index (χ0) is 15.5. The number of aryl methyl sites for hydroxylation is 1. The molecule has 0 bridgehead atoms. The maximum atomic E-state index is 12.3. The predicted octanol–water partition coefficient (Wildman–Crippen LogP) is 3.30. The number of benzene rings is 2. The van der Waals surface area contributed by atoms with Gasteiger partial charge in [-0.1, -0.05) is 48.0 Å². The number of hydrogen-bond donors (Lipinski definition) is 2. The number of carbonyl (C=O) groups excluding carboxylic acids is 1. The monoisotopic (exact) mass is 310 g/mol. The summed E-state index contributed by atoms with van der Waals surface area (Å²) < 4.78 is 1.81. The van der Waals surface area contributed by atoms with E-state index in [1.807, 2.05) is 49.4 Å². The van der Waals surface area contributed by atoms with Crippen LogP contribution in [0.1, 0.15) is 15.9 Å². The van der Waals surface area contributed by atoms with E-state index in [1.54, 1.807) is 12.1 Å². The van der Waals surface area contributed by atoms with Crippen LogP contribution in [0.15, 0.2) is 54.6 Å². The highest BCUT2D eigenvalue weighted by molar-refractivity contribution is 7.71. The van der Waals surface area contributed by atoms with Crippen LogP contribution in [0, 0.1) is 11.7 Å². The fourth-order valence-corrected chi connectivity index (χ4v) is 2.23. The van der Waals surface area contributed by atoms with Crippen LogP contribution in [0.2, 0.25) is 0 Å². The van der Waals surface area contributed by atoms with E-state index in [2.05, 4.69) is 15.6 Å². The third-order valence-corrected chi connectivity index (χ3v) is 3.51. The van der Waals surface area contributed by atoms with E-state index < -0.39 is 0 Å². The van der Waals surface area contributed by atoms with E-state index >= 15 is 0 Å². The van der Waals surface area contributed by atoms with E-state index in [9.17, 15) is 4.79 Å². The van der Waals surface area contributed by atoms with E-state index in [-0.39, 0.29) is 5.91 Å². The highest BCUT2D eigenvalue weighted by Crippen LogP contribution is 2.17. The standard InChI is InChI=1S/C16H14N4OS/c1-11-7-9-12(10-8-11)14-17-18-16(22)20(14)19-15(21)13-5-3-2-4-6-13/h2-10H,1H3,(H,18,22)(H,19,21). The summed E-state index contributed by atoms with van der Waals surface area (Å²) >= 11 is 5.20. The zero-order valence-corrected chi connectivity index (χ0v) is 12.7. The lowest BCUT2D eigenvalue weighted by molar-refractivity contribution is 0.101. The van der Waals surface area contributed by atoms with Gasteiger partial charge < -0.3 is 0 Å². The van der Waals surface area contributed by atoms with Crippen LogP contribution in [0.3, 0.4) is 0 Å². The molecule has 22 heavy (non-hydrogen) atoms. The largest absolute Gasteiger partial charge is 0.270 e. The lowest BCUT2D eigenvalue weighted by Gasteiger charge is -2.09. The minimum Gasteiger partial charge on any atom is -0.267 e. The second-order valence-corrected chi connectivity index (χ2v) is 5.25. The Bertz CT molecular complexity index is 850. The molecule has 0 aliphatic heterocycles. The van der Waals surface area contributed by atoms with Crippen LogP contribution >= 0.6 is 12.2 Å². The summed E-state index contributed by atoms with van der Waals surface area (Å²) in [5.41, 5.74) is 5.34. The Morgan fingerprint density at radius 2 is 1.82 bits per heavy atom. The normalized spacial score (nSPS) is 10.4. The molecule has 0 fully saturated rings. The summed E-state index contributed by atoms with van der Waals surface area (Å²) in [5, 5.41) is 6.90. The van der Waals surface area contributed by atoms with Gasteiger partial charge in [0, 0.05) is 11.1 Å². The maximum Gasteiger partial charge on any atom is 0.270 e. The van der Waals surface area contributed by atoms with E-state index in [1.165, 1.54) is 4.68 Å². The molecule has 0 spiro atoms. The van der Waals surface area contributed by atoms with Gasteiger partial charge >= 0.3 is 0 Å². The highest BCUT2D eigenvalue weighted by atomic mass is 32.1. The molecule has 1 amide bonds. The molecule has 3 aromatic rings. The Labute approximate surface area is 132 Å². The minimum absolute atomic E-state index is 0.244. The molecule has 0 radical (unpaired) electrons. The average molecular weight is 310 g/mol. The quantitative estimate of drug-likeness (QED) is 0.730. The van der Waals surface area contributed by atoms with Crippen LogP contribution in [-0.4, -0.2) is 20.8 Å². The van der Waals surface area contributed by atoms with Crippen LogP contribution in [0.4, 0.5) is 0 Å². The Morgan fingerprint density at radius 3 is 2.50 bits per heavy atom. The average Bonchev–Trinajstić information content (AvgIpc) is 2.90. The van der Waals surface area contributed by atoms with Crippen LogP contribution < -0.4 is 5.43 Å². The second-order valence-electron chi connectivity index (χ2n) is 4.86. The van der Waals surface area contributed by atoms with Gasteiger partial charge in [-0.15, -0.1) is 0 Å². The molecular weight excluding hydrogens is 296 g/mol. The van der Waals surface area contributed by atoms with Crippen molar-refractivity contribution >= 4 is 18.1 Å². The first-order chi connectivity index (χ1) is 10.6. The number of amides is 1. The predicted molar refractivity (Wildman–Crippen MR) is 87.7 cm³/mol. The second kappa shape index (κ2) is 5.95. The van der Waals surface area contributed by atoms with Crippen molar-refractivity contribution in [1.29, 1.82) is 0 Å². The number of aromatic amines is 1. The van der Waals surface area contributed by atoms with Crippen molar-refractivity contribution < 1.29 is 4.79 Å². The van der Waals surface area contributed by atoms with Gasteiger partial charge in [-0.3, -0.25) is 10.2 Å². The Hall–Kier alpha value is -2.73. The summed E-state index contributed by atoms with van der Waals surface area (Å²) in [6.07, 6.45) is 0. The van der Waals surface area contributed by atoms with E-state index in [4.69, 9.17) is 12.2 Å². The zero-order valence-electron chi connectivity index (χ0n) is 11.9. The minimum atomic E-state index is -0.244. The van der Waals surface area contributed by atoms with E-state index in [0.29, 0.717) is 16.2 Å². The molecule has 5 nitrogen and oxygen atoms in total. The van der Waals surface area contributed by atoms with Crippen molar-refractivity contribution in [3.8, 4) is 11.4 Å². The van der Waals surface area contributed by atoms with Crippen molar-refractivity contribution in [1.82, 2.24) is 14.9 Å². The first kappa shape index (κ1) is 14.2. The summed E-state index contributed by atoms with van der Waals surface area (Å²) in [4.78, 5) is 12.3. The van der Waals surface area contributed by atoms with Gasteiger partial charge in [0.2, 0.25) is 4.77 Å². The van der Waals surface area contributed by atoms with Crippen molar-refractivity contribution in [3.05, 3.63) is 70.5 Å². The van der Waals surface area contributed by atoms with Crippen molar-refractivity contribution in [2.75, 3.05) is 5.43 Å². The molecule has 0 unspecified atom stereocenters. The molecule has 110 valence electrons. The van der Waals surface area contributed by atoms with Gasteiger partial charge in [0.05, 0.1) is 0 Å². The van der Waals surface area contributed by atoms with Crippen molar-refractivity contribution in [2.24, 2.45) is 0 Å². The Morgan fingerprint density at radius 1 is 1.14 bits per heavy atom. The third kappa shape index (κ3) is 2.82. The third-order valence-electron chi connectivity index (χ3n) is 3.23. The number of nitrogens with one attached hydrogen (secondary N) is 2. The molecule has 6 heteroatoms. The summed E-state index contributed by atoms with van der Waals surface area (Å²) in [6.45, 7) is 2.01. The molecule has 0 saturated carbocycles. The van der Waals surface area contributed by atoms with Gasteiger partial charge in [-0.2, -0.15) is 5.10 Å². The molecule has 0 atom stereocenters. The lowest BCUT2D eigenvalue weighted by Crippen LogP contribution is -2.23. The SMILES string of the molecule is Cc1ccc(-c2n[nH]c(=S)n2NC(=O)c2ccccc2)cc1. The van der Waals surface area contributed by atoms with Gasteiger partial charge in [0.15, 0.2) is 5.82 Å². The van der Waals surface area contributed by atoms with Gasteiger partial charge in [0.1, 0.15) is 0 Å². The summed E-state index contributed by atoms with van der Waals surface area (Å²) in [5.74, 6) is 0.320. The number of H-pyrrole nitrogens is 1. The smallest absolute Gasteiger partial charge is 0.267 e. The molecule has 0 saturated heterocycles. The number of hydrogen-bond acceptors (Lipinski definition) is 3. The van der Waals surface area contributed by atoms with Crippen LogP contribution in [-0.2, 0) is 0 Å². The molecule has 2 N–H and O–H groups in total. The number of carbonyl (C=O) groups is 1. The Balaban J connectivity index is 1.95. The van der Waals surface area contributed by atoms with Gasteiger partial charge in [-0.25, -0.2) is 9.77 Å². The van der Waals surface area contributed by atoms with E-state index in [0.717, 1.165) is 11.1 Å². The first-order valence-electron chi connectivity index (χ1n) is 6.76. The Kier molecular flexibility index (Phi) is 3.84. The van der Waals surface area contributed by atoms with Crippen LogP contribution in [0.25, 0.3) is 11.4 Å². The van der Waals surface area contributed by atoms with Crippen LogP contribution in [0.5, 0.6) is 0 Å². The van der Waals surface area contributed by atoms with Crippen molar-refractivity contribution in [3.63, 3.8) is 0 Å². The number of rotatable bonds is 3. The first-order valence-corrected chi connectivity index (χ1v) is 7.17. The van der Waals surface area contributed by atoms with Crippen molar-refractivity contribution in [2.45, 2.75) is 6.92 Å². The number of aromatic nitrogens is 3. The highest BCUT2D eigenvalue weighted by Gasteiger charge is 2.12. The molecule has 2 aromatic carbocycles. The van der Waals surface area contributed by atoms with Gasteiger partial charge in [0.25, 0.3) is 5.91 Å². The fraction of sp³-hybridized carbons (Fsp3) is 0.0625. The molecule has 0 aliphatic rings. The molecule has 1 heterocycles. The summed E-state index contributed by atoms with van der Waals surface area (Å²) in [6, 6.07) is 16.8. The topological polar surface area (TPSA) is 62.7 Å². The molecular formula is C16H14N4OS. The molecule has 3 rings (SSSR count). The summed E-state index contributed by atoms with van der Waals surface area (Å²) in [7, 11) is 0. The fourth-order valence-electron chi connectivity index (χ4n) is 2.05.